The van der Waals surface area contributed by atoms with E-state index in [0.29, 0.717) is 21.7 Å². The number of ether oxygens (including phenoxy) is 1. The topological polar surface area (TPSA) is 199 Å². The Hall–Kier alpha value is -3.69. The van der Waals surface area contributed by atoms with Crippen molar-refractivity contribution < 1.29 is 24.2 Å². The van der Waals surface area contributed by atoms with E-state index >= 15 is 0 Å². The molecule has 4 heterocycles. The van der Waals surface area contributed by atoms with Gasteiger partial charge in [-0.2, -0.15) is 0 Å². The summed E-state index contributed by atoms with van der Waals surface area (Å²) in [5.74, 6) is -0.0621. The summed E-state index contributed by atoms with van der Waals surface area (Å²) in [5.41, 5.74) is 7.13. The number of nitrogen functional groups attached to an aromatic ring is 1. The molecule has 14 nitrogen and oxygen atoms in total. The van der Waals surface area contributed by atoms with Crippen LogP contribution in [0.25, 0.3) is 22.6 Å². The Labute approximate surface area is 202 Å². The molecule has 1 fully saturated rings. The Balaban J connectivity index is 1.15. The van der Waals surface area contributed by atoms with E-state index in [1.54, 1.807) is 24.3 Å². The normalized spacial score (nSPS) is 22.0. The summed E-state index contributed by atoms with van der Waals surface area (Å²) in [7, 11) is 0. The molecule has 5 rings (SSSR count). The summed E-state index contributed by atoms with van der Waals surface area (Å²) >= 11 is 5.96. The lowest BCUT2D eigenvalue weighted by molar-refractivity contribution is -0.115. The van der Waals surface area contributed by atoms with Gasteiger partial charge >= 0.3 is 6.01 Å². The van der Waals surface area contributed by atoms with E-state index in [1.807, 2.05) is 0 Å². The highest BCUT2D eigenvalue weighted by atomic mass is 35.5. The number of aliphatic hydroxyl groups excluding tert-OH is 2. The standard InChI is InChI=1S/C20H20ClN9O5/c21-10-3-1-2-9(4-10)18-28-29-20(35-18)27-12(31)6-23-5-11-14(32)15(33)19(34-11)30-8-26-13-16(22)24-7-25-17(13)30/h1-4,7-8,11,14-15,19,23,32-33H,5-6H2,(H2,22,24,25)(H,27,29,31)/t11-,14-,15-,19-/m1/s1. The van der Waals surface area contributed by atoms with Crippen LogP contribution in [0.1, 0.15) is 6.23 Å². The molecule has 4 atom stereocenters. The van der Waals surface area contributed by atoms with Crippen molar-refractivity contribution in [1.29, 1.82) is 0 Å². The average molecular weight is 502 g/mol. The third kappa shape index (κ3) is 4.65. The minimum absolute atomic E-state index is 0.0729. The molecule has 0 aliphatic carbocycles. The van der Waals surface area contributed by atoms with Crippen molar-refractivity contribution in [2.75, 3.05) is 24.1 Å². The molecule has 0 saturated carbocycles. The fourth-order valence-corrected chi connectivity index (χ4v) is 3.88. The second-order valence-corrected chi connectivity index (χ2v) is 8.17. The van der Waals surface area contributed by atoms with Crippen LogP contribution in [0.2, 0.25) is 5.02 Å². The number of rotatable bonds is 7. The van der Waals surface area contributed by atoms with Crippen LogP contribution in [0, 0.1) is 0 Å². The third-order valence-electron chi connectivity index (χ3n) is 5.37. The lowest BCUT2D eigenvalue weighted by Gasteiger charge is -2.16. The number of anilines is 2. The Morgan fingerprint density at radius 1 is 1.20 bits per heavy atom. The number of fused-ring (bicyclic) bond motifs is 1. The first kappa shape index (κ1) is 23.1. The number of halogens is 1. The Kier molecular flexibility index (Phi) is 6.27. The van der Waals surface area contributed by atoms with Crippen LogP contribution in [0.15, 0.2) is 41.3 Å². The van der Waals surface area contributed by atoms with Crippen LogP contribution in [-0.2, 0) is 9.53 Å². The molecule has 0 bridgehead atoms. The van der Waals surface area contributed by atoms with Gasteiger partial charge in [-0.05, 0) is 18.2 Å². The Morgan fingerprint density at radius 3 is 2.89 bits per heavy atom. The summed E-state index contributed by atoms with van der Waals surface area (Å²) < 4.78 is 12.7. The molecule has 3 aromatic heterocycles. The van der Waals surface area contributed by atoms with Gasteiger partial charge in [0.1, 0.15) is 30.2 Å². The highest BCUT2D eigenvalue weighted by Crippen LogP contribution is 2.31. The first-order valence-corrected chi connectivity index (χ1v) is 10.8. The third-order valence-corrected chi connectivity index (χ3v) is 5.61. The van der Waals surface area contributed by atoms with Gasteiger partial charge in [0.25, 0.3) is 0 Å². The van der Waals surface area contributed by atoms with Crippen LogP contribution in [0.3, 0.4) is 0 Å². The molecule has 1 aromatic carbocycles. The zero-order valence-corrected chi connectivity index (χ0v) is 18.7. The number of carbonyl (C=O) groups is 1. The summed E-state index contributed by atoms with van der Waals surface area (Å²) in [5, 5.41) is 34.5. The van der Waals surface area contributed by atoms with E-state index in [-0.39, 0.29) is 30.8 Å². The van der Waals surface area contributed by atoms with Crippen molar-refractivity contribution in [3.8, 4) is 11.5 Å². The van der Waals surface area contributed by atoms with Gasteiger partial charge in [-0.25, -0.2) is 15.0 Å². The first-order chi connectivity index (χ1) is 16.9. The number of hydrogen-bond acceptors (Lipinski definition) is 12. The van der Waals surface area contributed by atoms with Gasteiger partial charge in [0.2, 0.25) is 11.8 Å². The maximum Gasteiger partial charge on any atom is 0.322 e. The number of amides is 1. The zero-order valence-electron chi connectivity index (χ0n) is 17.9. The van der Waals surface area contributed by atoms with Gasteiger partial charge in [-0.3, -0.25) is 14.7 Å². The lowest BCUT2D eigenvalue weighted by atomic mass is 10.1. The Morgan fingerprint density at radius 2 is 2.06 bits per heavy atom. The van der Waals surface area contributed by atoms with Crippen molar-refractivity contribution in [1.82, 2.24) is 35.0 Å². The quantitative estimate of drug-likeness (QED) is 0.226. The van der Waals surface area contributed by atoms with Crippen LogP contribution in [0.5, 0.6) is 0 Å². The molecular weight excluding hydrogens is 482 g/mol. The van der Waals surface area contributed by atoms with E-state index in [0.717, 1.165) is 0 Å². The fraction of sp³-hybridized carbons (Fsp3) is 0.300. The largest absolute Gasteiger partial charge is 0.403 e. The number of nitrogens with two attached hydrogens (primary N) is 1. The molecule has 1 amide bonds. The van der Waals surface area contributed by atoms with Gasteiger partial charge in [-0.15, -0.1) is 5.10 Å². The van der Waals surface area contributed by atoms with Crippen molar-refractivity contribution in [3.63, 3.8) is 0 Å². The average Bonchev–Trinajstić information content (AvgIpc) is 3.54. The van der Waals surface area contributed by atoms with Crippen molar-refractivity contribution in [3.05, 3.63) is 41.9 Å². The molecule has 4 aromatic rings. The SMILES string of the molecule is Nc1ncnc2c1ncn2[C@@H]1O[C@H](CNCC(=O)Nc2nnc(-c3cccc(Cl)c3)o2)[C@@H](O)[C@H]1O. The van der Waals surface area contributed by atoms with Gasteiger partial charge in [-0.1, -0.05) is 22.8 Å². The second-order valence-electron chi connectivity index (χ2n) is 7.73. The van der Waals surface area contributed by atoms with Crippen molar-refractivity contribution in [2.24, 2.45) is 0 Å². The summed E-state index contributed by atoms with van der Waals surface area (Å²) in [6, 6.07) is 6.78. The van der Waals surface area contributed by atoms with E-state index in [1.165, 1.54) is 17.2 Å². The number of aromatic nitrogens is 6. The highest BCUT2D eigenvalue weighted by molar-refractivity contribution is 6.30. The minimum atomic E-state index is -1.26. The van der Waals surface area contributed by atoms with Crippen LogP contribution < -0.4 is 16.4 Å². The monoisotopic (exact) mass is 501 g/mol. The number of carbonyl (C=O) groups excluding carboxylic acids is 1. The number of nitrogens with zero attached hydrogens (tertiary/aromatic N) is 6. The van der Waals surface area contributed by atoms with E-state index in [2.05, 4.69) is 35.8 Å². The highest BCUT2D eigenvalue weighted by Gasteiger charge is 2.44. The number of hydrogen-bond donors (Lipinski definition) is 5. The smallest absolute Gasteiger partial charge is 0.322 e. The summed E-state index contributed by atoms with van der Waals surface area (Å²) in [6.07, 6.45) is -1.56. The summed E-state index contributed by atoms with van der Waals surface area (Å²) in [4.78, 5) is 24.4. The molecule has 0 unspecified atom stereocenters. The molecule has 1 aliphatic rings. The molecule has 6 N–H and O–H groups in total. The molecule has 35 heavy (non-hydrogen) atoms. The van der Waals surface area contributed by atoms with Gasteiger partial charge in [0.05, 0.1) is 12.9 Å². The van der Waals surface area contributed by atoms with E-state index in [4.69, 9.17) is 26.5 Å². The maximum absolute atomic E-state index is 12.2. The molecule has 1 saturated heterocycles. The maximum atomic E-state index is 12.2. The van der Waals surface area contributed by atoms with Crippen molar-refractivity contribution in [2.45, 2.75) is 24.5 Å². The first-order valence-electron chi connectivity index (χ1n) is 10.5. The van der Waals surface area contributed by atoms with Gasteiger partial charge < -0.3 is 30.4 Å². The zero-order chi connectivity index (χ0) is 24.5. The van der Waals surface area contributed by atoms with Gasteiger partial charge in [0.15, 0.2) is 17.7 Å². The fourth-order valence-electron chi connectivity index (χ4n) is 3.69. The van der Waals surface area contributed by atoms with Gasteiger partial charge in [0, 0.05) is 17.1 Å². The molecule has 182 valence electrons. The van der Waals surface area contributed by atoms with Crippen molar-refractivity contribution >= 4 is 40.5 Å². The molecule has 1 aliphatic heterocycles. The second kappa shape index (κ2) is 9.52. The number of nitrogens with one attached hydrogen (secondary N) is 2. The summed E-state index contributed by atoms with van der Waals surface area (Å²) in [6.45, 7) is -0.0660. The number of imidazole rings is 1. The van der Waals surface area contributed by atoms with E-state index < -0.39 is 30.4 Å². The molecule has 15 heteroatoms. The number of aliphatic hydroxyl groups is 2. The predicted octanol–water partition coefficient (Wildman–Crippen LogP) is -0.0406. The van der Waals surface area contributed by atoms with Crippen LogP contribution >= 0.6 is 11.6 Å². The molecular formula is C20H20ClN9O5. The van der Waals surface area contributed by atoms with E-state index in [9.17, 15) is 15.0 Å². The van der Waals surface area contributed by atoms with Crippen LogP contribution in [-0.4, -0.2) is 77.2 Å². The minimum Gasteiger partial charge on any atom is -0.403 e. The molecule has 0 spiro atoms. The predicted molar refractivity (Wildman–Crippen MR) is 122 cm³/mol. The Bertz CT molecular complexity index is 1360. The number of benzene rings is 1. The molecule has 0 radical (unpaired) electrons. The lowest BCUT2D eigenvalue weighted by Crippen LogP contribution is -2.40. The van der Waals surface area contributed by atoms with Crippen LogP contribution in [0.4, 0.5) is 11.8 Å².